The average molecular weight is 259 g/mol. The van der Waals surface area contributed by atoms with E-state index in [0.29, 0.717) is 16.4 Å². The second-order valence-corrected chi connectivity index (χ2v) is 4.07. The zero-order chi connectivity index (χ0) is 12.5. The van der Waals surface area contributed by atoms with Gasteiger partial charge < -0.3 is 5.11 Å². The van der Waals surface area contributed by atoms with Gasteiger partial charge in [0, 0.05) is 10.6 Å². The van der Waals surface area contributed by atoms with Crippen LogP contribution in [-0.4, -0.2) is 25.0 Å². The minimum absolute atomic E-state index is 0.171. The van der Waals surface area contributed by atoms with E-state index >= 15 is 0 Å². The van der Waals surface area contributed by atoms with E-state index in [1.165, 1.54) is 6.33 Å². The smallest absolute Gasteiger partial charge is 0.242 e. The molecule has 88 valence electrons. The summed E-state index contributed by atoms with van der Waals surface area (Å²) in [5, 5.41) is 10.2. The van der Waals surface area contributed by atoms with Crippen LogP contribution in [0.2, 0.25) is 5.02 Å². The van der Waals surface area contributed by atoms with Crippen LogP contribution < -0.4 is 0 Å². The van der Waals surface area contributed by atoms with Gasteiger partial charge in [0.1, 0.15) is 6.33 Å². The summed E-state index contributed by atoms with van der Waals surface area (Å²) in [7, 11) is 0. The number of fused-ring (bicyclic) bond motifs is 1. The quantitative estimate of drug-likeness (QED) is 0.726. The van der Waals surface area contributed by atoms with Gasteiger partial charge in [-0.2, -0.15) is 4.98 Å². The summed E-state index contributed by atoms with van der Waals surface area (Å²) in [6.07, 6.45) is 2.81. The molecule has 0 atom stereocenters. The number of aromatic nitrogens is 4. The summed E-state index contributed by atoms with van der Waals surface area (Å²) in [5.41, 5.74) is 2.19. The van der Waals surface area contributed by atoms with Gasteiger partial charge in [0.15, 0.2) is 11.2 Å². The summed E-state index contributed by atoms with van der Waals surface area (Å²) in [6, 6.07) is 7.25. The van der Waals surface area contributed by atoms with Crippen LogP contribution in [0.15, 0.2) is 36.8 Å². The van der Waals surface area contributed by atoms with E-state index in [1.54, 1.807) is 18.3 Å². The number of nitrogens with zero attached hydrogens (tertiary/aromatic N) is 4. The maximum Gasteiger partial charge on any atom is 0.242 e. The maximum atomic E-state index is 9.50. The van der Waals surface area contributed by atoms with Crippen LogP contribution in [0.5, 0.6) is 5.88 Å². The minimum atomic E-state index is -0.171. The fraction of sp³-hybridized carbons (Fsp3) is 0. The molecule has 18 heavy (non-hydrogen) atoms. The van der Waals surface area contributed by atoms with Crippen LogP contribution >= 0.6 is 11.6 Å². The first-order valence-corrected chi connectivity index (χ1v) is 5.54. The molecule has 0 amide bonds. The molecule has 3 aromatic rings. The molecule has 0 spiro atoms. The third-order valence-electron chi connectivity index (χ3n) is 2.47. The van der Waals surface area contributed by atoms with E-state index in [1.807, 2.05) is 12.1 Å². The number of benzene rings is 1. The fourth-order valence-electron chi connectivity index (χ4n) is 1.59. The Balaban J connectivity index is 2.16. The van der Waals surface area contributed by atoms with Crippen molar-refractivity contribution in [1.29, 1.82) is 0 Å². The van der Waals surface area contributed by atoms with Crippen molar-refractivity contribution in [1.82, 2.24) is 19.9 Å². The molecule has 1 N–H and O–H groups in total. The topological polar surface area (TPSA) is 71.8 Å². The molecule has 0 bridgehead atoms. The molecule has 2 heterocycles. The predicted molar refractivity (Wildman–Crippen MR) is 67.2 cm³/mol. The minimum Gasteiger partial charge on any atom is -0.492 e. The van der Waals surface area contributed by atoms with Gasteiger partial charge in [-0.1, -0.05) is 23.7 Å². The third-order valence-corrected chi connectivity index (χ3v) is 2.72. The molecular weight excluding hydrogens is 252 g/mol. The van der Waals surface area contributed by atoms with E-state index < -0.39 is 0 Å². The standard InChI is InChI=1S/C12H7ClN4O/c13-8-3-1-7(2-4-8)9-5-14-10-11(17-9)15-6-16-12(10)18/h1-6H,(H,15,16,17,18). The molecule has 5 nitrogen and oxygen atoms in total. The predicted octanol–water partition coefficient (Wildman–Crippen LogP) is 2.45. The molecule has 3 rings (SSSR count). The van der Waals surface area contributed by atoms with E-state index in [0.717, 1.165) is 5.56 Å². The first-order chi connectivity index (χ1) is 8.74. The van der Waals surface area contributed by atoms with Gasteiger partial charge in [-0.25, -0.2) is 15.0 Å². The van der Waals surface area contributed by atoms with Crippen molar-refractivity contribution in [3.63, 3.8) is 0 Å². The maximum absolute atomic E-state index is 9.50. The van der Waals surface area contributed by atoms with Crippen molar-refractivity contribution >= 4 is 22.8 Å². The zero-order valence-corrected chi connectivity index (χ0v) is 9.83. The van der Waals surface area contributed by atoms with E-state index in [2.05, 4.69) is 19.9 Å². The molecule has 0 saturated heterocycles. The Morgan fingerprint density at radius 3 is 2.56 bits per heavy atom. The van der Waals surface area contributed by atoms with Crippen LogP contribution in [0.1, 0.15) is 0 Å². The molecule has 2 aromatic heterocycles. The Morgan fingerprint density at radius 2 is 1.78 bits per heavy atom. The summed E-state index contributed by atoms with van der Waals surface area (Å²) >= 11 is 5.83. The largest absolute Gasteiger partial charge is 0.492 e. The Morgan fingerprint density at radius 1 is 1.00 bits per heavy atom. The van der Waals surface area contributed by atoms with Crippen molar-refractivity contribution in [2.24, 2.45) is 0 Å². The second-order valence-electron chi connectivity index (χ2n) is 3.63. The van der Waals surface area contributed by atoms with Gasteiger partial charge in [-0.05, 0) is 12.1 Å². The van der Waals surface area contributed by atoms with Crippen LogP contribution in [0.4, 0.5) is 0 Å². The monoisotopic (exact) mass is 258 g/mol. The van der Waals surface area contributed by atoms with Crippen molar-refractivity contribution in [3.05, 3.63) is 41.8 Å². The highest BCUT2D eigenvalue weighted by atomic mass is 35.5. The molecule has 0 fully saturated rings. The lowest BCUT2D eigenvalue weighted by molar-refractivity contribution is 0.457. The summed E-state index contributed by atoms with van der Waals surface area (Å²) in [6.45, 7) is 0. The van der Waals surface area contributed by atoms with Crippen molar-refractivity contribution in [2.75, 3.05) is 0 Å². The normalized spacial score (nSPS) is 10.7. The number of rotatable bonds is 1. The van der Waals surface area contributed by atoms with Gasteiger partial charge in [0.25, 0.3) is 0 Å². The highest BCUT2D eigenvalue weighted by molar-refractivity contribution is 6.30. The zero-order valence-electron chi connectivity index (χ0n) is 9.08. The van der Waals surface area contributed by atoms with Gasteiger partial charge in [-0.15, -0.1) is 0 Å². The summed E-state index contributed by atoms with van der Waals surface area (Å²) in [5.74, 6) is -0.171. The average Bonchev–Trinajstić information content (AvgIpc) is 2.39. The molecule has 0 unspecified atom stereocenters. The first kappa shape index (κ1) is 10.9. The number of aromatic hydroxyl groups is 1. The SMILES string of the molecule is Oc1ncnc2nc(-c3ccc(Cl)cc3)cnc12. The van der Waals surface area contributed by atoms with Gasteiger partial charge in [0.05, 0.1) is 11.9 Å². The lowest BCUT2D eigenvalue weighted by Crippen LogP contribution is -1.92. The lowest BCUT2D eigenvalue weighted by Gasteiger charge is -2.02. The van der Waals surface area contributed by atoms with Crippen molar-refractivity contribution in [2.45, 2.75) is 0 Å². The second kappa shape index (κ2) is 4.19. The highest BCUT2D eigenvalue weighted by Gasteiger charge is 2.07. The molecule has 0 aliphatic carbocycles. The number of halogens is 1. The Hall–Kier alpha value is -2.27. The van der Waals surface area contributed by atoms with E-state index in [4.69, 9.17) is 11.6 Å². The van der Waals surface area contributed by atoms with Gasteiger partial charge in [-0.3, -0.25) is 0 Å². The summed E-state index contributed by atoms with van der Waals surface area (Å²) in [4.78, 5) is 16.0. The number of hydrogen-bond acceptors (Lipinski definition) is 5. The van der Waals surface area contributed by atoms with Gasteiger partial charge >= 0.3 is 0 Å². The molecule has 6 heteroatoms. The van der Waals surface area contributed by atoms with E-state index in [-0.39, 0.29) is 11.4 Å². The van der Waals surface area contributed by atoms with Crippen molar-refractivity contribution < 1.29 is 5.11 Å². The van der Waals surface area contributed by atoms with Crippen LogP contribution in [0.3, 0.4) is 0 Å². The highest BCUT2D eigenvalue weighted by Crippen LogP contribution is 2.22. The molecule has 0 aliphatic heterocycles. The molecular formula is C12H7ClN4O. The van der Waals surface area contributed by atoms with Crippen LogP contribution in [0, 0.1) is 0 Å². The Bertz CT molecular complexity index is 715. The Kier molecular flexibility index (Phi) is 2.53. The first-order valence-electron chi connectivity index (χ1n) is 5.17. The fourth-order valence-corrected chi connectivity index (χ4v) is 1.71. The third kappa shape index (κ3) is 1.84. The Labute approximate surface area is 107 Å². The molecule has 0 saturated carbocycles. The molecule has 0 aliphatic rings. The molecule has 0 radical (unpaired) electrons. The lowest BCUT2D eigenvalue weighted by atomic mass is 10.2. The van der Waals surface area contributed by atoms with Gasteiger partial charge in [0.2, 0.25) is 5.88 Å². The van der Waals surface area contributed by atoms with Crippen molar-refractivity contribution in [3.8, 4) is 17.1 Å². The van der Waals surface area contributed by atoms with Crippen LogP contribution in [0.25, 0.3) is 22.4 Å². The van der Waals surface area contributed by atoms with Crippen LogP contribution in [-0.2, 0) is 0 Å². The molecule has 1 aromatic carbocycles. The number of hydrogen-bond donors (Lipinski definition) is 1. The summed E-state index contributed by atoms with van der Waals surface area (Å²) < 4.78 is 0. The van der Waals surface area contributed by atoms with E-state index in [9.17, 15) is 5.11 Å².